The van der Waals surface area contributed by atoms with Gasteiger partial charge in [-0.1, -0.05) is 127 Å². The molecule has 0 amide bonds. The van der Waals surface area contributed by atoms with Crippen LogP contribution in [0, 0.1) is 0 Å². The summed E-state index contributed by atoms with van der Waals surface area (Å²) in [5.41, 5.74) is 10.7. The lowest BCUT2D eigenvalue weighted by atomic mass is 10.1. The molecule has 0 N–H and O–H groups in total. The van der Waals surface area contributed by atoms with Crippen molar-refractivity contribution in [2.24, 2.45) is 0 Å². The highest BCUT2D eigenvalue weighted by Gasteiger charge is 2.23. The van der Waals surface area contributed by atoms with E-state index in [-0.39, 0.29) is 0 Å². The van der Waals surface area contributed by atoms with E-state index < -0.39 is 0 Å². The quantitative estimate of drug-likeness (QED) is 0.171. The molecule has 0 fully saturated rings. The zero-order valence-corrected chi connectivity index (χ0v) is 30.0. The predicted octanol–water partition coefficient (Wildman–Crippen LogP) is 11.5. The van der Waals surface area contributed by atoms with E-state index in [4.69, 9.17) is 24.9 Å². The van der Waals surface area contributed by atoms with Crippen LogP contribution in [0.25, 0.3) is 101 Å². The highest BCUT2D eigenvalue weighted by molar-refractivity contribution is 6.23. The summed E-state index contributed by atoms with van der Waals surface area (Å²) < 4.78 is 4.57. The Morgan fingerprint density at radius 3 is 1.27 bits per heavy atom. The number of hydrogen-bond acceptors (Lipinski definition) is 5. The van der Waals surface area contributed by atoms with E-state index in [1.54, 1.807) is 0 Å². The van der Waals surface area contributed by atoms with E-state index in [9.17, 15) is 0 Å². The van der Waals surface area contributed by atoms with Gasteiger partial charge in [0, 0.05) is 61.9 Å². The number of aromatic nitrogens is 7. The molecular formula is C49H31N7. The summed E-state index contributed by atoms with van der Waals surface area (Å²) in [7, 11) is 0. The molecule has 5 heterocycles. The topological polar surface area (TPSA) is 74.3 Å². The normalized spacial score (nSPS) is 11.6. The molecule has 0 unspecified atom stereocenters. The van der Waals surface area contributed by atoms with Crippen LogP contribution < -0.4 is 0 Å². The van der Waals surface area contributed by atoms with E-state index in [0.29, 0.717) is 17.6 Å². The van der Waals surface area contributed by atoms with Gasteiger partial charge in [-0.25, -0.2) is 4.98 Å². The average molecular weight is 718 g/mol. The summed E-state index contributed by atoms with van der Waals surface area (Å²) in [4.78, 5) is 25.3. The summed E-state index contributed by atoms with van der Waals surface area (Å²) in [6.07, 6.45) is 3.69. The molecule has 0 aliphatic rings. The van der Waals surface area contributed by atoms with Gasteiger partial charge >= 0.3 is 0 Å². The third-order valence-corrected chi connectivity index (χ3v) is 10.5. The summed E-state index contributed by atoms with van der Waals surface area (Å²) in [6, 6.07) is 60.6. The molecule has 11 rings (SSSR count). The van der Waals surface area contributed by atoms with Crippen molar-refractivity contribution >= 4 is 43.6 Å². The van der Waals surface area contributed by atoms with Crippen LogP contribution in [-0.4, -0.2) is 34.1 Å². The van der Waals surface area contributed by atoms with Crippen molar-refractivity contribution in [2.45, 2.75) is 0 Å². The average Bonchev–Trinajstić information content (AvgIpc) is 3.80. The summed E-state index contributed by atoms with van der Waals surface area (Å²) in [6.45, 7) is 0. The van der Waals surface area contributed by atoms with Crippen LogP contribution in [0.5, 0.6) is 0 Å². The Hall–Kier alpha value is -7.77. The molecule has 0 atom stereocenters. The molecule has 0 saturated carbocycles. The smallest absolute Gasteiger partial charge is 0.238 e. The summed E-state index contributed by atoms with van der Waals surface area (Å²) in [5, 5.41) is 4.55. The Bertz CT molecular complexity index is 3110. The second-order valence-corrected chi connectivity index (χ2v) is 13.8. The molecule has 0 aliphatic carbocycles. The molecule has 0 aliphatic heterocycles. The Morgan fingerprint density at radius 1 is 0.321 bits per heavy atom. The lowest BCUT2D eigenvalue weighted by Gasteiger charge is -2.13. The van der Waals surface area contributed by atoms with Gasteiger partial charge in [0.25, 0.3) is 0 Å². The van der Waals surface area contributed by atoms with Crippen LogP contribution in [0.15, 0.2) is 188 Å². The van der Waals surface area contributed by atoms with E-state index in [0.717, 1.165) is 77.6 Å². The van der Waals surface area contributed by atoms with Crippen molar-refractivity contribution in [2.75, 3.05) is 0 Å². The van der Waals surface area contributed by atoms with Crippen LogP contribution in [0.1, 0.15) is 0 Å². The summed E-state index contributed by atoms with van der Waals surface area (Å²) in [5.74, 6) is 1.55. The fourth-order valence-corrected chi connectivity index (χ4v) is 7.89. The maximum atomic E-state index is 5.27. The van der Waals surface area contributed by atoms with Crippen LogP contribution in [-0.2, 0) is 0 Å². The number of hydrogen-bond donors (Lipinski definition) is 0. The van der Waals surface area contributed by atoms with Crippen LogP contribution in [0.2, 0.25) is 0 Å². The fourth-order valence-electron chi connectivity index (χ4n) is 7.89. The van der Waals surface area contributed by atoms with Gasteiger partial charge in [0.05, 0.1) is 33.5 Å². The van der Waals surface area contributed by atoms with E-state index >= 15 is 0 Å². The van der Waals surface area contributed by atoms with Crippen molar-refractivity contribution in [1.29, 1.82) is 0 Å². The molecule has 7 nitrogen and oxygen atoms in total. The van der Waals surface area contributed by atoms with Crippen LogP contribution in [0.3, 0.4) is 0 Å². The molecule has 11 aromatic rings. The molecule has 7 heteroatoms. The third kappa shape index (κ3) is 5.17. The minimum absolute atomic E-state index is 0.507. The van der Waals surface area contributed by atoms with Gasteiger partial charge in [0.1, 0.15) is 0 Å². The minimum atomic E-state index is 0.507. The lowest BCUT2D eigenvalue weighted by Crippen LogP contribution is -2.07. The minimum Gasteiger partial charge on any atom is -0.307 e. The first-order chi connectivity index (χ1) is 27.8. The summed E-state index contributed by atoms with van der Waals surface area (Å²) >= 11 is 0. The van der Waals surface area contributed by atoms with Gasteiger partial charge in [-0.05, 0) is 48.5 Å². The van der Waals surface area contributed by atoms with Gasteiger partial charge in [-0.3, -0.25) is 14.5 Å². The Morgan fingerprint density at radius 2 is 0.768 bits per heavy atom. The number of para-hydroxylation sites is 3. The van der Waals surface area contributed by atoms with Gasteiger partial charge in [-0.15, -0.1) is 0 Å². The van der Waals surface area contributed by atoms with Crippen molar-refractivity contribution in [1.82, 2.24) is 34.1 Å². The first kappa shape index (κ1) is 31.7. The zero-order valence-electron chi connectivity index (χ0n) is 30.0. The first-order valence-electron chi connectivity index (χ1n) is 18.6. The SMILES string of the molecule is c1ccc(-c2ccc(-c3nc(-c4ccc(-c5ccccc5)nc4)nc(-n4c5ccccc5c5ccc6c7ccccc7n(-c7ccccc7)c6c54)n3)cn2)cc1. The molecule has 0 bridgehead atoms. The van der Waals surface area contributed by atoms with Crippen molar-refractivity contribution in [3.8, 4) is 56.9 Å². The Balaban J connectivity index is 1.20. The van der Waals surface area contributed by atoms with E-state index in [2.05, 4.69) is 124 Å². The van der Waals surface area contributed by atoms with E-state index in [1.165, 1.54) is 5.39 Å². The second-order valence-electron chi connectivity index (χ2n) is 13.8. The monoisotopic (exact) mass is 717 g/mol. The highest BCUT2D eigenvalue weighted by atomic mass is 15.2. The van der Waals surface area contributed by atoms with Crippen molar-refractivity contribution in [3.63, 3.8) is 0 Å². The van der Waals surface area contributed by atoms with Gasteiger partial charge in [-0.2, -0.15) is 9.97 Å². The Kier molecular flexibility index (Phi) is 7.35. The second kappa shape index (κ2) is 13.0. The number of benzene rings is 6. The first-order valence-corrected chi connectivity index (χ1v) is 18.6. The van der Waals surface area contributed by atoms with Gasteiger partial charge < -0.3 is 4.57 Å². The molecule has 0 radical (unpaired) electrons. The van der Waals surface area contributed by atoms with Crippen molar-refractivity contribution < 1.29 is 0 Å². The molecule has 0 saturated heterocycles. The third-order valence-electron chi connectivity index (χ3n) is 10.5. The molecule has 0 spiro atoms. The zero-order chi connectivity index (χ0) is 37.0. The fraction of sp³-hybridized carbons (Fsp3) is 0. The largest absolute Gasteiger partial charge is 0.307 e. The molecule has 6 aromatic carbocycles. The molecule has 56 heavy (non-hydrogen) atoms. The van der Waals surface area contributed by atoms with Gasteiger partial charge in [0.15, 0.2) is 11.6 Å². The van der Waals surface area contributed by atoms with Crippen molar-refractivity contribution in [3.05, 3.63) is 188 Å². The standard InChI is InChI=1S/C49H31N7/c1-4-14-32(15-5-1)41-28-24-34(30-50-41)47-52-48(35-25-29-42(51-31-35)33-16-6-2-7-17-33)54-49(53-47)56-44-23-13-11-21-38(44)40-27-26-39-37-20-10-12-22-43(37)55(45(39)46(40)56)36-18-8-3-9-19-36/h1-31H. The lowest BCUT2D eigenvalue weighted by molar-refractivity contribution is 0.951. The van der Waals surface area contributed by atoms with Crippen LogP contribution in [0.4, 0.5) is 0 Å². The van der Waals surface area contributed by atoms with E-state index in [1.807, 2.05) is 73.1 Å². The number of rotatable bonds is 6. The maximum absolute atomic E-state index is 5.27. The molecule has 262 valence electrons. The Labute approximate surface area is 321 Å². The number of nitrogens with zero attached hydrogens (tertiary/aromatic N) is 7. The molecular weight excluding hydrogens is 687 g/mol. The maximum Gasteiger partial charge on any atom is 0.238 e. The highest BCUT2D eigenvalue weighted by Crippen LogP contribution is 2.41. The predicted molar refractivity (Wildman–Crippen MR) is 226 cm³/mol. The van der Waals surface area contributed by atoms with Crippen LogP contribution >= 0.6 is 0 Å². The number of pyridine rings is 2. The number of fused-ring (bicyclic) bond motifs is 7. The van der Waals surface area contributed by atoms with Gasteiger partial charge in [0.2, 0.25) is 5.95 Å². The molecule has 5 aromatic heterocycles.